The molecule has 4 rings (SSSR count). The van der Waals surface area contributed by atoms with Gasteiger partial charge in [-0.25, -0.2) is 9.97 Å². The zero-order valence-corrected chi connectivity index (χ0v) is 13.3. The van der Waals surface area contributed by atoms with Crippen molar-refractivity contribution in [2.45, 2.75) is 44.8 Å². The van der Waals surface area contributed by atoms with E-state index in [1.54, 1.807) is 0 Å². The first-order chi connectivity index (χ1) is 11.2. The summed E-state index contributed by atoms with van der Waals surface area (Å²) in [4.78, 5) is 9.01. The predicted molar refractivity (Wildman–Crippen MR) is 92.1 cm³/mol. The van der Waals surface area contributed by atoms with Crippen LogP contribution in [-0.2, 0) is 0 Å². The zero-order chi connectivity index (χ0) is 16.0. The van der Waals surface area contributed by atoms with E-state index in [4.69, 9.17) is 5.73 Å². The summed E-state index contributed by atoms with van der Waals surface area (Å²) in [6.45, 7) is 2.20. The molecule has 2 heterocycles. The number of nitrogen functional groups attached to an aromatic ring is 1. The zero-order valence-electron chi connectivity index (χ0n) is 13.3. The number of aliphatic hydroxyl groups is 1. The molecule has 5 nitrogen and oxygen atoms in total. The van der Waals surface area contributed by atoms with E-state index >= 15 is 0 Å². The third kappa shape index (κ3) is 2.27. The van der Waals surface area contributed by atoms with Crippen molar-refractivity contribution in [2.24, 2.45) is 5.92 Å². The van der Waals surface area contributed by atoms with E-state index in [-0.39, 0.29) is 6.10 Å². The van der Waals surface area contributed by atoms with Crippen LogP contribution in [0.4, 0.5) is 5.82 Å². The second-order valence-electron chi connectivity index (χ2n) is 6.57. The Kier molecular flexibility index (Phi) is 3.45. The minimum Gasteiger partial charge on any atom is -0.393 e. The van der Waals surface area contributed by atoms with Gasteiger partial charge in [0.25, 0.3) is 0 Å². The number of aliphatic hydroxyl groups excluding tert-OH is 1. The van der Waals surface area contributed by atoms with Gasteiger partial charge in [-0.05, 0) is 37.7 Å². The highest BCUT2D eigenvalue weighted by Gasteiger charge is 2.31. The van der Waals surface area contributed by atoms with E-state index in [0.29, 0.717) is 17.8 Å². The first-order valence-electron chi connectivity index (χ1n) is 8.37. The van der Waals surface area contributed by atoms with Gasteiger partial charge in [0.05, 0.1) is 23.5 Å². The molecule has 0 amide bonds. The van der Waals surface area contributed by atoms with Gasteiger partial charge in [-0.2, -0.15) is 0 Å². The molecule has 23 heavy (non-hydrogen) atoms. The van der Waals surface area contributed by atoms with Gasteiger partial charge in [0.2, 0.25) is 0 Å². The largest absolute Gasteiger partial charge is 0.393 e. The SMILES string of the molecule is CC[C@H](C1CCC(O)C1)n1cnc2c(N)nc3ccccc3c21. The van der Waals surface area contributed by atoms with E-state index in [0.717, 1.165) is 47.6 Å². The van der Waals surface area contributed by atoms with Crippen LogP contribution >= 0.6 is 0 Å². The van der Waals surface area contributed by atoms with E-state index in [1.165, 1.54) is 0 Å². The van der Waals surface area contributed by atoms with Gasteiger partial charge in [-0.1, -0.05) is 25.1 Å². The Morgan fingerprint density at radius 1 is 1.35 bits per heavy atom. The van der Waals surface area contributed by atoms with Gasteiger partial charge in [-0.3, -0.25) is 0 Å². The van der Waals surface area contributed by atoms with Crippen molar-refractivity contribution < 1.29 is 5.11 Å². The van der Waals surface area contributed by atoms with E-state index < -0.39 is 0 Å². The highest BCUT2D eigenvalue weighted by Crippen LogP contribution is 2.39. The summed E-state index contributed by atoms with van der Waals surface area (Å²) in [6.07, 6.45) is 5.59. The molecule has 5 heteroatoms. The molecule has 120 valence electrons. The Labute approximate surface area is 135 Å². The minimum atomic E-state index is -0.160. The normalized spacial score (nSPS) is 22.9. The lowest BCUT2D eigenvalue weighted by Gasteiger charge is -2.24. The molecule has 1 aliphatic carbocycles. The second kappa shape index (κ2) is 5.49. The van der Waals surface area contributed by atoms with Crippen molar-refractivity contribution in [3.05, 3.63) is 30.6 Å². The number of pyridine rings is 1. The summed E-state index contributed by atoms with van der Waals surface area (Å²) in [6, 6.07) is 8.41. The first kappa shape index (κ1) is 14.5. The second-order valence-corrected chi connectivity index (χ2v) is 6.57. The summed E-state index contributed by atoms with van der Waals surface area (Å²) in [5.41, 5.74) is 8.88. The number of nitrogens with two attached hydrogens (primary N) is 1. The van der Waals surface area contributed by atoms with Crippen LogP contribution in [0.2, 0.25) is 0 Å². The Morgan fingerprint density at radius 3 is 2.91 bits per heavy atom. The number of aromatic nitrogens is 3. The summed E-state index contributed by atoms with van der Waals surface area (Å²) in [5.74, 6) is 0.972. The van der Waals surface area contributed by atoms with Gasteiger partial charge in [-0.15, -0.1) is 0 Å². The Morgan fingerprint density at radius 2 is 2.17 bits per heavy atom. The van der Waals surface area contributed by atoms with Gasteiger partial charge in [0, 0.05) is 11.4 Å². The number of rotatable bonds is 3. The topological polar surface area (TPSA) is 77.0 Å². The van der Waals surface area contributed by atoms with Crippen molar-refractivity contribution in [3.63, 3.8) is 0 Å². The number of para-hydroxylation sites is 1. The van der Waals surface area contributed by atoms with Crippen LogP contribution in [0, 0.1) is 5.92 Å². The minimum absolute atomic E-state index is 0.160. The molecule has 0 aliphatic heterocycles. The molecular weight excluding hydrogens is 288 g/mol. The molecule has 2 aromatic heterocycles. The Bertz CT molecular complexity index is 857. The fourth-order valence-electron chi connectivity index (χ4n) is 4.12. The molecule has 0 saturated heterocycles. The molecule has 3 N–H and O–H groups in total. The number of benzene rings is 1. The van der Waals surface area contributed by atoms with Crippen LogP contribution in [0.15, 0.2) is 30.6 Å². The van der Waals surface area contributed by atoms with E-state index in [2.05, 4.69) is 27.5 Å². The van der Waals surface area contributed by atoms with Crippen LogP contribution in [0.25, 0.3) is 21.9 Å². The Hall–Kier alpha value is -2.14. The maximum atomic E-state index is 9.92. The average Bonchev–Trinajstić information content (AvgIpc) is 3.16. The van der Waals surface area contributed by atoms with Crippen LogP contribution in [0.1, 0.15) is 38.6 Å². The maximum Gasteiger partial charge on any atom is 0.152 e. The fourth-order valence-corrected chi connectivity index (χ4v) is 4.12. The first-order valence-corrected chi connectivity index (χ1v) is 8.37. The van der Waals surface area contributed by atoms with Crippen LogP contribution in [-0.4, -0.2) is 25.7 Å². The average molecular weight is 310 g/mol. The number of hydrogen-bond donors (Lipinski definition) is 2. The van der Waals surface area contributed by atoms with Crippen molar-refractivity contribution in [1.82, 2.24) is 14.5 Å². The molecule has 0 spiro atoms. The summed E-state index contributed by atoms with van der Waals surface area (Å²) in [7, 11) is 0. The van der Waals surface area contributed by atoms with Gasteiger partial charge in [0.1, 0.15) is 5.52 Å². The quantitative estimate of drug-likeness (QED) is 0.778. The Balaban J connectivity index is 1.92. The van der Waals surface area contributed by atoms with Crippen molar-refractivity contribution >= 4 is 27.8 Å². The molecule has 3 atom stereocenters. The third-order valence-electron chi connectivity index (χ3n) is 5.20. The number of anilines is 1. The lowest BCUT2D eigenvalue weighted by atomic mass is 9.95. The molecule has 3 aromatic rings. The van der Waals surface area contributed by atoms with Crippen LogP contribution in [0.3, 0.4) is 0 Å². The van der Waals surface area contributed by atoms with Gasteiger partial charge >= 0.3 is 0 Å². The highest BCUT2D eigenvalue weighted by molar-refractivity contribution is 6.06. The van der Waals surface area contributed by atoms with E-state index in [1.807, 2.05) is 24.5 Å². The third-order valence-corrected chi connectivity index (χ3v) is 5.20. The predicted octanol–water partition coefficient (Wildman–Crippen LogP) is 3.28. The lowest BCUT2D eigenvalue weighted by molar-refractivity contribution is 0.170. The van der Waals surface area contributed by atoms with Gasteiger partial charge in [0.15, 0.2) is 5.82 Å². The number of fused-ring (bicyclic) bond motifs is 3. The molecular formula is C18H22N4O. The van der Waals surface area contributed by atoms with E-state index in [9.17, 15) is 5.11 Å². The number of imidazole rings is 1. The molecule has 1 aliphatic rings. The molecule has 0 bridgehead atoms. The molecule has 0 radical (unpaired) electrons. The number of nitrogens with zero attached hydrogens (tertiary/aromatic N) is 3. The van der Waals surface area contributed by atoms with Crippen LogP contribution in [0.5, 0.6) is 0 Å². The van der Waals surface area contributed by atoms with Gasteiger partial charge < -0.3 is 15.4 Å². The van der Waals surface area contributed by atoms with Crippen molar-refractivity contribution in [2.75, 3.05) is 5.73 Å². The van der Waals surface area contributed by atoms with Crippen molar-refractivity contribution in [1.29, 1.82) is 0 Å². The molecule has 1 fully saturated rings. The monoisotopic (exact) mass is 310 g/mol. The summed E-state index contributed by atoms with van der Waals surface area (Å²) >= 11 is 0. The smallest absolute Gasteiger partial charge is 0.152 e. The lowest BCUT2D eigenvalue weighted by Crippen LogP contribution is -2.17. The maximum absolute atomic E-state index is 9.92. The standard InChI is InChI=1S/C18H22N4O/c1-2-15(11-7-8-12(23)9-11)22-10-20-16-17(22)13-5-3-4-6-14(13)21-18(16)19/h3-6,10-12,15,23H,2,7-9H2,1H3,(H2,19,21)/t11?,12?,15-/m1/s1. The molecule has 1 saturated carbocycles. The summed E-state index contributed by atoms with van der Waals surface area (Å²) < 4.78 is 2.26. The summed E-state index contributed by atoms with van der Waals surface area (Å²) in [5, 5.41) is 11.0. The highest BCUT2D eigenvalue weighted by atomic mass is 16.3. The van der Waals surface area contributed by atoms with Crippen LogP contribution < -0.4 is 5.73 Å². The fraction of sp³-hybridized carbons (Fsp3) is 0.444. The number of hydrogen-bond acceptors (Lipinski definition) is 4. The van der Waals surface area contributed by atoms with Crippen molar-refractivity contribution in [3.8, 4) is 0 Å². The molecule has 1 aromatic carbocycles. The molecule has 2 unspecified atom stereocenters.